The average molecular weight is 325 g/mol. The van der Waals surface area contributed by atoms with Gasteiger partial charge in [0.2, 0.25) is 0 Å². The SMILES string of the molecule is CC1CN(Cc2sccc2Br)CC(CCl)O1. The fraction of sp³-hybridized carbons (Fsp3) is 0.636. The maximum atomic E-state index is 5.87. The van der Waals surface area contributed by atoms with Gasteiger partial charge in [-0.3, -0.25) is 4.90 Å². The van der Waals surface area contributed by atoms with Crippen molar-refractivity contribution < 1.29 is 4.74 Å². The van der Waals surface area contributed by atoms with Crippen molar-refractivity contribution in [2.45, 2.75) is 25.7 Å². The topological polar surface area (TPSA) is 12.5 Å². The highest BCUT2D eigenvalue weighted by molar-refractivity contribution is 9.10. The molecule has 2 rings (SSSR count). The molecule has 1 aliphatic heterocycles. The van der Waals surface area contributed by atoms with Crippen molar-refractivity contribution in [1.82, 2.24) is 4.90 Å². The molecule has 0 N–H and O–H groups in total. The Morgan fingerprint density at radius 1 is 1.62 bits per heavy atom. The van der Waals surface area contributed by atoms with E-state index in [9.17, 15) is 0 Å². The van der Waals surface area contributed by atoms with Crippen LogP contribution in [-0.4, -0.2) is 36.1 Å². The Kier molecular flexibility index (Phi) is 4.67. The minimum atomic E-state index is 0.171. The van der Waals surface area contributed by atoms with Crippen LogP contribution in [0.3, 0.4) is 0 Å². The summed E-state index contributed by atoms with van der Waals surface area (Å²) in [4.78, 5) is 3.79. The molecule has 2 heterocycles. The average Bonchev–Trinajstić information content (AvgIpc) is 2.63. The summed E-state index contributed by atoms with van der Waals surface area (Å²) in [7, 11) is 0. The largest absolute Gasteiger partial charge is 0.371 e. The van der Waals surface area contributed by atoms with Crippen LogP contribution < -0.4 is 0 Å². The van der Waals surface area contributed by atoms with E-state index >= 15 is 0 Å². The number of nitrogens with zero attached hydrogens (tertiary/aromatic N) is 1. The predicted octanol–water partition coefficient (Wildman–Crippen LogP) is 3.34. The Balaban J connectivity index is 1.96. The van der Waals surface area contributed by atoms with Gasteiger partial charge in [-0.05, 0) is 34.3 Å². The van der Waals surface area contributed by atoms with Crippen LogP contribution >= 0.6 is 38.9 Å². The molecule has 0 aliphatic carbocycles. The zero-order valence-electron chi connectivity index (χ0n) is 9.16. The van der Waals surface area contributed by atoms with E-state index in [1.54, 1.807) is 11.3 Å². The molecule has 1 saturated heterocycles. The monoisotopic (exact) mass is 323 g/mol. The molecule has 2 unspecified atom stereocenters. The lowest BCUT2D eigenvalue weighted by Gasteiger charge is -2.35. The van der Waals surface area contributed by atoms with Crippen molar-refractivity contribution in [2.75, 3.05) is 19.0 Å². The van der Waals surface area contributed by atoms with Gasteiger partial charge in [-0.1, -0.05) is 0 Å². The predicted molar refractivity (Wildman–Crippen MR) is 72.4 cm³/mol. The highest BCUT2D eigenvalue weighted by atomic mass is 79.9. The van der Waals surface area contributed by atoms with E-state index in [0.717, 1.165) is 19.6 Å². The molecule has 1 aliphatic rings. The smallest absolute Gasteiger partial charge is 0.0841 e. The van der Waals surface area contributed by atoms with Gasteiger partial charge in [0.05, 0.1) is 12.2 Å². The van der Waals surface area contributed by atoms with E-state index in [1.165, 1.54) is 9.35 Å². The second-order valence-electron chi connectivity index (χ2n) is 4.11. The lowest BCUT2D eigenvalue weighted by atomic mass is 10.2. The van der Waals surface area contributed by atoms with Crippen molar-refractivity contribution in [1.29, 1.82) is 0 Å². The highest BCUT2D eigenvalue weighted by Gasteiger charge is 2.25. The fourth-order valence-electron chi connectivity index (χ4n) is 2.00. The number of morpholine rings is 1. The quantitative estimate of drug-likeness (QED) is 0.791. The zero-order chi connectivity index (χ0) is 11.5. The number of hydrogen-bond acceptors (Lipinski definition) is 3. The molecule has 0 saturated carbocycles. The van der Waals surface area contributed by atoms with Crippen LogP contribution in [0.1, 0.15) is 11.8 Å². The lowest BCUT2D eigenvalue weighted by Crippen LogP contribution is -2.46. The highest BCUT2D eigenvalue weighted by Crippen LogP contribution is 2.25. The summed E-state index contributed by atoms with van der Waals surface area (Å²) in [6.07, 6.45) is 0.445. The van der Waals surface area contributed by atoms with Crippen molar-refractivity contribution in [3.8, 4) is 0 Å². The Morgan fingerprint density at radius 2 is 2.44 bits per heavy atom. The first kappa shape index (κ1) is 12.8. The molecule has 1 aromatic heterocycles. The summed E-state index contributed by atoms with van der Waals surface area (Å²) in [6.45, 7) is 5.00. The van der Waals surface area contributed by atoms with E-state index in [4.69, 9.17) is 16.3 Å². The Bertz CT molecular complexity index is 346. The number of rotatable bonds is 3. The lowest BCUT2D eigenvalue weighted by molar-refractivity contribution is -0.0686. The molecule has 0 amide bonds. The zero-order valence-corrected chi connectivity index (χ0v) is 12.3. The molecule has 0 aromatic carbocycles. The van der Waals surface area contributed by atoms with E-state index < -0.39 is 0 Å². The molecular weight excluding hydrogens is 310 g/mol. The van der Waals surface area contributed by atoms with Crippen LogP contribution in [0.2, 0.25) is 0 Å². The molecule has 90 valence electrons. The fourth-order valence-corrected chi connectivity index (χ4v) is 3.69. The van der Waals surface area contributed by atoms with E-state index in [-0.39, 0.29) is 12.2 Å². The molecule has 1 fully saturated rings. The first-order valence-corrected chi connectivity index (χ1v) is 7.55. The summed E-state index contributed by atoms with van der Waals surface area (Å²) in [5.41, 5.74) is 0. The summed E-state index contributed by atoms with van der Waals surface area (Å²) in [5, 5.41) is 2.11. The van der Waals surface area contributed by atoms with Gasteiger partial charge in [0.25, 0.3) is 0 Å². The third-order valence-electron chi connectivity index (χ3n) is 2.63. The third-order valence-corrected chi connectivity index (χ3v) is 4.89. The molecule has 0 spiro atoms. The molecule has 1 aromatic rings. The van der Waals surface area contributed by atoms with Crippen LogP contribution in [0.25, 0.3) is 0 Å². The van der Waals surface area contributed by atoms with Gasteiger partial charge in [0.15, 0.2) is 0 Å². The van der Waals surface area contributed by atoms with Crippen molar-refractivity contribution >= 4 is 38.9 Å². The standard InChI is InChI=1S/C11H15BrClNOS/c1-8-5-14(6-9(4-13)15-8)7-11-10(12)2-3-16-11/h2-3,8-9H,4-7H2,1H3. The number of alkyl halides is 1. The number of ether oxygens (including phenoxy) is 1. The summed E-state index contributed by atoms with van der Waals surface area (Å²) in [6, 6.07) is 2.10. The number of thiophene rings is 1. The van der Waals surface area contributed by atoms with Crippen LogP contribution in [0.5, 0.6) is 0 Å². The molecule has 2 nitrogen and oxygen atoms in total. The summed E-state index contributed by atoms with van der Waals surface area (Å²) < 4.78 is 6.94. The molecule has 0 radical (unpaired) electrons. The van der Waals surface area contributed by atoms with Gasteiger partial charge in [0, 0.05) is 34.9 Å². The molecule has 0 bridgehead atoms. The Hall–Kier alpha value is 0.390. The van der Waals surface area contributed by atoms with E-state index in [0.29, 0.717) is 5.88 Å². The van der Waals surface area contributed by atoms with Gasteiger partial charge in [-0.2, -0.15) is 0 Å². The van der Waals surface area contributed by atoms with Gasteiger partial charge in [-0.25, -0.2) is 0 Å². The van der Waals surface area contributed by atoms with Crippen LogP contribution in [-0.2, 0) is 11.3 Å². The van der Waals surface area contributed by atoms with Crippen LogP contribution in [0, 0.1) is 0 Å². The summed E-state index contributed by atoms with van der Waals surface area (Å²) in [5.74, 6) is 0.576. The molecule has 5 heteroatoms. The number of halogens is 2. The van der Waals surface area contributed by atoms with Crippen molar-refractivity contribution in [3.05, 3.63) is 20.8 Å². The van der Waals surface area contributed by atoms with E-state index in [2.05, 4.69) is 39.2 Å². The number of hydrogen-bond donors (Lipinski definition) is 0. The van der Waals surface area contributed by atoms with Crippen LogP contribution in [0.4, 0.5) is 0 Å². The maximum absolute atomic E-state index is 5.87. The van der Waals surface area contributed by atoms with E-state index in [1.807, 2.05) is 0 Å². The minimum absolute atomic E-state index is 0.171. The van der Waals surface area contributed by atoms with Gasteiger partial charge >= 0.3 is 0 Å². The van der Waals surface area contributed by atoms with Crippen LogP contribution in [0.15, 0.2) is 15.9 Å². The van der Waals surface area contributed by atoms with Gasteiger partial charge in [-0.15, -0.1) is 22.9 Å². The second kappa shape index (κ2) is 5.83. The van der Waals surface area contributed by atoms with Gasteiger partial charge < -0.3 is 4.74 Å². The second-order valence-corrected chi connectivity index (χ2v) is 6.27. The third kappa shape index (κ3) is 3.20. The summed E-state index contributed by atoms with van der Waals surface area (Å²) >= 11 is 11.2. The van der Waals surface area contributed by atoms with Crippen molar-refractivity contribution in [2.24, 2.45) is 0 Å². The molecular formula is C11H15BrClNOS. The molecule has 16 heavy (non-hydrogen) atoms. The molecule has 2 atom stereocenters. The maximum Gasteiger partial charge on any atom is 0.0841 e. The Morgan fingerprint density at radius 3 is 3.06 bits per heavy atom. The first-order valence-electron chi connectivity index (χ1n) is 5.34. The van der Waals surface area contributed by atoms with Gasteiger partial charge in [0.1, 0.15) is 0 Å². The first-order chi connectivity index (χ1) is 7.69. The minimum Gasteiger partial charge on any atom is -0.371 e. The Labute approximate surface area is 114 Å². The van der Waals surface area contributed by atoms with Crippen molar-refractivity contribution in [3.63, 3.8) is 0 Å². The normalized spacial score (nSPS) is 27.2.